The van der Waals surface area contributed by atoms with Gasteiger partial charge < -0.3 is 0 Å². The van der Waals surface area contributed by atoms with E-state index in [1.165, 1.54) is 5.57 Å². The van der Waals surface area contributed by atoms with Gasteiger partial charge in [-0.05, 0) is 31.6 Å². The molecule has 0 amide bonds. The van der Waals surface area contributed by atoms with E-state index in [9.17, 15) is 4.79 Å². The second-order valence-electron chi connectivity index (χ2n) is 3.24. The highest BCUT2D eigenvalue weighted by molar-refractivity contribution is 5.73. The predicted molar refractivity (Wildman–Crippen MR) is 61.9 cm³/mol. The van der Waals surface area contributed by atoms with E-state index in [-0.39, 0.29) is 0 Å². The van der Waals surface area contributed by atoms with Gasteiger partial charge in [-0.1, -0.05) is 18.2 Å². The Morgan fingerprint density at radius 1 is 1.40 bits per heavy atom. The number of rotatable bonds is 4. The number of carbonyl (C=O) groups excluding carboxylic acids is 1. The molecule has 0 aliphatic rings. The lowest BCUT2D eigenvalue weighted by Crippen LogP contribution is -1.93. The standard InChI is InChI=1S/C13H15NO/c1-3-5-11(4-2)8-13-7-6-12(10-15)9-14-13/h3-7,9-10H,8H2,1-2H3/b5-3-,11-4+. The molecule has 0 saturated carbocycles. The Hall–Kier alpha value is -1.70. The van der Waals surface area contributed by atoms with Crippen molar-refractivity contribution in [2.75, 3.05) is 0 Å². The van der Waals surface area contributed by atoms with Crippen LogP contribution in [0.25, 0.3) is 0 Å². The number of aromatic nitrogens is 1. The van der Waals surface area contributed by atoms with Gasteiger partial charge in [-0.2, -0.15) is 0 Å². The summed E-state index contributed by atoms with van der Waals surface area (Å²) in [7, 11) is 0. The highest BCUT2D eigenvalue weighted by Gasteiger charge is 1.97. The first-order valence-electron chi connectivity index (χ1n) is 4.98. The Kier molecular flexibility index (Phi) is 4.48. The molecule has 0 N–H and O–H groups in total. The van der Waals surface area contributed by atoms with Crippen molar-refractivity contribution in [2.24, 2.45) is 0 Å². The molecule has 1 heterocycles. The minimum Gasteiger partial charge on any atom is -0.298 e. The first-order chi connectivity index (χ1) is 7.30. The summed E-state index contributed by atoms with van der Waals surface area (Å²) < 4.78 is 0. The summed E-state index contributed by atoms with van der Waals surface area (Å²) in [6, 6.07) is 3.68. The molecule has 2 heteroatoms. The third kappa shape index (κ3) is 3.50. The summed E-state index contributed by atoms with van der Waals surface area (Å²) in [4.78, 5) is 14.6. The van der Waals surface area contributed by atoms with Gasteiger partial charge in [-0.25, -0.2) is 0 Å². The molecule has 0 aliphatic heterocycles. The molecule has 0 spiro atoms. The topological polar surface area (TPSA) is 30.0 Å². The molecular formula is C13H15NO. The summed E-state index contributed by atoms with van der Waals surface area (Å²) in [6.07, 6.45) is 9.35. The normalized spacial score (nSPS) is 12.0. The number of nitrogens with zero attached hydrogens (tertiary/aromatic N) is 1. The molecule has 0 unspecified atom stereocenters. The molecule has 1 aromatic rings. The second-order valence-corrected chi connectivity index (χ2v) is 3.24. The predicted octanol–water partition coefficient (Wildman–Crippen LogP) is 2.96. The number of aldehydes is 1. The highest BCUT2D eigenvalue weighted by atomic mass is 16.1. The fourth-order valence-electron chi connectivity index (χ4n) is 1.29. The van der Waals surface area contributed by atoms with E-state index < -0.39 is 0 Å². The summed E-state index contributed by atoms with van der Waals surface area (Å²) >= 11 is 0. The lowest BCUT2D eigenvalue weighted by molar-refractivity contribution is 0.112. The van der Waals surface area contributed by atoms with Gasteiger partial charge in [0.15, 0.2) is 6.29 Å². The van der Waals surface area contributed by atoms with Crippen LogP contribution in [0.4, 0.5) is 0 Å². The molecule has 15 heavy (non-hydrogen) atoms. The van der Waals surface area contributed by atoms with Crippen LogP contribution in [0.3, 0.4) is 0 Å². The smallest absolute Gasteiger partial charge is 0.151 e. The van der Waals surface area contributed by atoms with Crippen LogP contribution in [0.2, 0.25) is 0 Å². The average molecular weight is 201 g/mol. The van der Waals surface area contributed by atoms with Gasteiger partial charge in [0.1, 0.15) is 0 Å². The zero-order chi connectivity index (χ0) is 11.1. The van der Waals surface area contributed by atoms with E-state index >= 15 is 0 Å². The van der Waals surface area contributed by atoms with Crippen molar-refractivity contribution in [2.45, 2.75) is 20.3 Å². The van der Waals surface area contributed by atoms with E-state index in [2.05, 4.69) is 17.1 Å². The Bertz CT molecular complexity index is 374. The van der Waals surface area contributed by atoms with Crippen LogP contribution in [0, 0.1) is 0 Å². The molecule has 1 rings (SSSR count). The number of hydrogen-bond acceptors (Lipinski definition) is 2. The Labute approximate surface area is 90.4 Å². The Balaban J connectivity index is 2.76. The molecular weight excluding hydrogens is 186 g/mol. The number of carbonyl (C=O) groups is 1. The zero-order valence-corrected chi connectivity index (χ0v) is 9.10. The van der Waals surface area contributed by atoms with Gasteiger partial charge in [0, 0.05) is 23.9 Å². The van der Waals surface area contributed by atoms with Crippen LogP contribution in [0.15, 0.2) is 42.1 Å². The van der Waals surface area contributed by atoms with Crippen LogP contribution >= 0.6 is 0 Å². The van der Waals surface area contributed by atoms with Crippen molar-refractivity contribution in [1.82, 2.24) is 4.98 Å². The molecule has 0 radical (unpaired) electrons. The third-order valence-corrected chi connectivity index (χ3v) is 2.12. The summed E-state index contributed by atoms with van der Waals surface area (Å²) in [5.74, 6) is 0. The first kappa shape index (κ1) is 11.4. The fraction of sp³-hybridized carbons (Fsp3) is 0.231. The van der Waals surface area contributed by atoms with E-state index in [0.717, 1.165) is 18.4 Å². The van der Waals surface area contributed by atoms with Crippen LogP contribution in [0.5, 0.6) is 0 Å². The minimum atomic E-state index is 0.617. The first-order valence-corrected chi connectivity index (χ1v) is 4.98. The quantitative estimate of drug-likeness (QED) is 0.553. The lowest BCUT2D eigenvalue weighted by atomic mass is 10.1. The van der Waals surface area contributed by atoms with Gasteiger partial charge in [-0.15, -0.1) is 0 Å². The van der Waals surface area contributed by atoms with Crippen molar-refractivity contribution < 1.29 is 4.79 Å². The molecule has 0 fully saturated rings. The molecule has 78 valence electrons. The van der Waals surface area contributed by atoms with Gasteiger partial charge in [0.05, 0.1) is 0 Å². The minimum absolute atomic E-state index is 0.617. The largest absolute Gasteiger partial charge is 0.298 e. The van der Waals surface area contributed by atoms with Crippen molar-refractivity contribution in [1.29, 1.82) is 0 Å². The van der Waals surface area contributed by atoms with Gasteiger partial charge >= 0.3 is 0 Å². The van der Waals surface area contributed by atoms with Crippen LogP contribution < -0.4 is 0 Å². The number of hydrogen-bond donors (Lipinski definition) is 0. The second kappa shape index (κ2) is 5.91. The summed E-state index contributed by atoms with van der Waals surface area (Å²) in [5.41, 5.74) is 2.82. The van der Waals surface area contributed by atoms with Crippen LogP contribution in [0.1, 0.15) is 29.9 Å². The van der Waals surface area contributed by atoms with Gasteiger partial charge in [-0.3, -0.25) is 9.78 Å². The summed E-state index contributed by atoms with van der Waals surface area (Å²) in [6.45, 7) is 4.00. The Morgan fingerprint density at radius 2 is 2.20 bits per heavy atom. The SMILES string of the molecule is C/C=C\C(=C/C)Cc1ccc(C=O)cn1. The number of allylic oxidation sites excluding steroid dienone is 4. The van der Waals surface area contributed by atoms with Gasteiger partial charge in [0.25, 0.3) is 0 Å². The molecule has 0 atom stereocenters. The zero-order valence-electron chi connectivity index (χ0n) is 9.10. The molecule has 0 aliphatic carbocycles. The molecule has 0 aromatic carbocycles. The molecule has 0 saturated heterocycles. The van der Waals surface area contributed by atoms with Gasteiger partial charge in [0.2, 0.25) is 0 Å². The summed E-state index contributed by atoms with van der Waals surface area (Å²) in [5, 5.41) is 0. The average Bonchev–Trinajstić information content (AvgIpc) is 2.29. The van der Waals surface area contributed by atoms with Crippen molar-refractivity contribution in [3.63, 3.8) is 0 Å². The molecule has 1 aromatic heterocycles. The molecule has 2 nitrogen and oxygen atoms in total. The van der Waals surface area contributed by atoms with E-state index in [0.29, 0.717) is 5.56 Å². The van der Waals surface area contributed by atoms with Crippen molar-refractivity contribution in [3.8, 4) is 0 Å². The van der Waals surface area contributed by atoms with Crippen LogP contribution in [-0.2, 0) is 6.42 Å². The molecule has 0 bridgehead atoms. The lowest BCUT2D eigenvalue weighted by Gasteiger charge is -2.01. The highest BCUT2D eigenvalue weighted by Crippen LogP contribution is 2.07. The van der Waals surface area contributed by atoms with E-state index in [4.69, 9.17) is 0 Å². The monoisotopic (exact) mass is 201 g/mol. The van der Waals surface area contributed by atoms with Crippen molar-refractivity contribution >= 4 is 6.29 Å². The maximum Gasteiger partial charge on any atom is 0.151 e. The maximum absolute atomic E-state index is 10.4. The third-order valence-electron chi connectivity index (χ3n) is 2.12. The van der Waals surface area contributed by atoms with E-state index in [1.54, 1.807) is 12.3 Å². The van der Waals surface area contributed by atoms with Crippen LogP contribution in [-0.4, -0.2) is 11.3 Å². The fourth-order valence-corrected chi connectivity index (χ4v) is 1.29. The Morgan fingerprint density at radius 3 is 2.67 bits per heavy atom. The van der Waals surface area contributed by atoms with Crippen molar-refractivity contribution in [3.05, 3.63) is 53.4 Å². The number of pyridine rings is 1. The van der Waals surface area contributed by atoms with E-state index in [1.807, 2.05) is 26.0 Å². The maximum atomic E-state index is 10.4.